The Labute approximate surface area is 51.7 Å². The minimum absolute atomic E-state index is 0. The van der Waals surface area contributed by atoms with Gasteiger partial charge in [-0.1, -0.05) is 0 Å². The van der Waals surface area contributed by atoms with Crippen LogP contribution in [0.3, 0.4) is 0 Å². The van der Waals surface area contributed by atoms with Crippen LogP contribution < -0.4 is 0 Å². The zero-order chi connectivity index (χ0) is 2.71. The molecule has 2 radical (unpaired) electrons. The number of hydrogen-bond acceptors (Lipinski definition) is 1. The van der Waals surface area contributed by atoms with E-state index in [0.717, 1.165) is 0 Å². The molecule has 0 saturated carbocycles. The standard InChI is InChI=1S/Ca.F2O/c;1-3-2. The summed E-state index contributed by atoms with van der Waals surface area (Å²) in [6, 6.07) is 0. The average molecular weight is 94.1 g/mol. The first kappa shape index (κ1) is 8.91. The van der Waals surface area contributed by atoms with Crippen LogP contribution in [0.25, 0.3) is 0 Å². The molecule has 0 unspecified atom stereocenters. The smallest absolute Gasteiger partial charge is 0.0104 e. The molecule has 0 aromatic heterocycles. The van der Waals surface area contributed by atoms with Crippen molar-refractivity contribution in [2.45, 2.75) is 0 Å². The third-order valence-corrected chi connectivity index (χ3v) is 0. The molecular weight excluding hydrogens is 94.1 g/mol. The molecule has 1 nitrogen and oxygen atoms in total. The zero-order valence-electron chi connectivity index (χ0n) is 1.87. The van der Waals surface area contributed by atoms with Gasteiger partial charge in [0.05, 0.1) is 0 Å². The molecule has 22 valence electrons. The molecule has 0 N–H and O–H groups in total. The molecule has 0 aliphatic carbocycles. The number of hydrogen-bond donors (Lipinski definition) is 0. The summed E-state index contributed by atoms with van der Waals surface area (Å²) in [6.45, 7) is 0. The second-order valence-electron chi connectivity index (χ2n) is 0.0583. The zero-order valence-corrected chi connectivity index (χ0v) is 4.08. The maximum absolute atomic E-state index is 9.12. The van der Waals surface area contributed by atoms with Crippen LogP contribution in [0.1, 0.15) is 0 Å². The van der Waals surface area contributed by atoms with E-state index in [1.54, 1.807) is 0 Å². The van der Waals surface area contributed by atoms with Crippen molar-refractivity contribution in [3.05, 3.63) is 0 Å². The maximum Gasteiger partial charge on any atom is 0.0209 e. The summed E-state index contributed by atoms with van der Waals surface area (Å²) in [7, 11) is 0. The van der Waals surface area contributed by atoms with E-state index >= 15 is 0 Å². The fourth-order valence-corrected chi connectivity index (χ4v) is 0. The van der Waals surface area contributed by atoms with Gasteiger partial charge in [-0.05, 0) is 9.05 Å². The Hall–Kier alpha value is 1.08. The fourth-order valence-electron chi connectivity index (χ4n) is 0. The first-order valence-corrected chi connectivity index (χ1v) is 0.309. The molecule has 0 rings (SSSR count). The van der Waals surface area contributed by atoms with Gasteiger partial charge in [0.15, 0.2) is 0 Å². The van der Waals surface area contributed by atoms with Crippen molar-refractivity contribution in [2.24, 2.45) is 0 Å². The van der Waals surface area contributed by atoms with Crippen molar-refractivity contribution in [1.82, 2.24) is 0 Å². The van der Waals surface area contributed by atoms with Crippen molar-refractivity contribution in [1.29, 1.82) is 0 Å². The molecule has 4 heteroatoms. The van der Waals surface area contributed by atoms with E-state index in [1.807, 2.05) is 0 Å². The molecule has 0 fully saturated rings. The van der Waals surface area contributed by atoms with Gasteiger partial charge in [-0.15, -0.1) is 0 Å². The van der Waals surface area contributed by atoms with Crippen molar-refractivity contribution in [2.75, 3.05) is 0 Å². The molecule has 0 amide bonds. The Morgan fingerprint density at radius 2 is 1.25 bits per heavy atom. The van der Waals surface area contributed by atoms with Crippen molar-refractivity contribution >= 4 is 37.7 Å². The molecule has 0 saturated heterocycles. The first-order valence-electron chi connectivity index (χ1n) is 0.309. The van der Waals surface area contributed by atoms with Crippen LogP contribution in [0.4, 0.5) is 9.05 Å². The monoisotopic (exact) mass is 94.0 g/mol. The molecule has 0 heterocycles. The largest absolute Gasteiger partial charge is 0.0209 e. The van der Waals surface area contributed by atoms with Gasteiger partial charge in [-0.25, -0.2) is 0 Å². The maximum atomic E-state index is 9.12. The van der Waals surface area contributed by atoms with Gasteiger partial charge in [-0.3, -0.25) is 0 Å². The fraction of sp³-hybridized carbons (Fsp3) is 0. The van der Waals surface area contributed by atoms with Crippen LogP contribution in [0.15, 0.2) is 0 Å². The summed E-state index contributed by atoms with van der Waals surface area (Å²) in [5, 5.41) is 1.25. The molecule has 0 aromatic carbocycles. The quantitative estimate of drug-likeness (QED) is 0.394. The Morgan fingerprint density at radius 1 is 1.25 bits per heavy atom. The van der Waals surface area contributed by atoms with Crippen LogP contribution in [-0.4, -0.2) is 37.7 Å². The van der Waals surface area contributed by atoms with Crippen molar-refractivity contribution in [3.8, 4) is 0 Å². The Morgan fingerprint density at radius 3 is 1.25 bits per heavy atom. The molecule has 0 aromatic rings. The van der Waals surface area contributed by atoms with Crippen LogP contribution in [0.2, 0.25) is 0 Å². The summed E-state index contributed by atoms with van der Waals surface area (Å²) < 4.78 is 18.2. The van der Waals surface area contributed by atoms with E-state index in [0.29, 0.717) is 0 Å². The van der Waals surface area contributed by atoms with Crippen LogP contribution in [0.5, 0.6) is 0 Å². The minimum Gasteiger partial charge on any atom is -0.0104 e. The van der Waals surface area contributed by atoms with E-state index in [-0.39, 0.29) is 37.7 Å². The van der Waals surface area contributed by atoms with Gasteiger partial charge < -0.3 is 0 Å². The molecule has 0 spiro atoms. The molecule has 4 heavy (non-hydrogen) atoms. The average Bonchev–Trinajstić information content (AvgIpc) is 0.918. The summed E-state index contributed by atoms with van der Waals surface area (Å²) >= 11 is 0. The van der Waals surface area contributed by atoms with Gasteiger partial charge >= 0.3 is 0 Å². The van der Waals surface area contributed by atoms with E-state index in [2.05, 4.69) is 0 Å². The third kappa shape index (κ3) is 11.4. The van der Waals surface area contributed by atoms with Gasteiger partial charge in [0, 0.05) is 42.9 Å². The van der Waals surface area contributed by atoms with E-state index < -0.39 is 0 Å². The summed E-state index contributed by atoms with van der Waals surface area (Å²) in [5.41, 5.74) is 0. The number of halogens is 2. The Balaban J connectivity index is 0. The van der Waals surface area contributed by atoms with E-state index in [4.69, 9.17) is 9.05 Å². The third-order valence-electron chi connectivity index (χ3n) is 0. The van der Waals surface area contributed by atoms with E-state index in [9.17, 15) is 0 Å². The summed E-state index contributed by atoms with van der Waals surface area (Å²) in [5.74, 6) is 0. The second kappa shape index (κ2) is 8.95. The molecule has 0 aliphatic rings. The Bertz CT molecular complexity index is 6.00. The Kier molecular flexibility index (Phi) is 19.9. The van der Waals surface area contributed by atoms with Crippen LogP contribution >= 0.6 is 0 Å². The van der Waals surface area contributed by atoms with Gasteiger partial charge in [0.1, 0.15) is 0 Å². The van der Waals surface area contributed by atoms with Gasteiger partial charge in [-0.2, -0.15) is 0 Å². The first-order chi connectivity index (χ1) is 1.41. The molecule has 0 atom stereocenters. The molecule has 0 aliphatic heterocycles. The predicted octanol–water partition coefficient (Wildman–Crippen LogP) is 0.391. The molecular formula is CaF2O. The minimum atomic E-state index is 0. The van der Waals surface area contributed by atoms with Gasteiger partial charge in [0.2, 0.25) is 0 Å². The number of rotatable bonds is 0. The van der Waals surface area contributed by atoms with Crippen LogP contribution in [0, 0.1) is 0 Å². The topological polar surface area (TPSA) is 9.23 Å². The van der Waals surface area contributed by atoms with Gasteiger partial charge in [0.25, 0.3) is 0 Å². The second-order valence-corrected chi connectivity index (χ2v) is 0.0583. The summed E-state index contributed by atoms with van der Waals surface area (Å²) in [4.78, 5) is 0. The summed E-state index contributed by atoms with van der Waals surface area (Å²) in [6.07, 6.45) is 0. The van der Waals surface area contributed by atoms with E-state index in [1.165, 1.54) is 5.15 Å². The SMILES string of the molecule is FOF.[Ca]. The van der Waals surface area contributed by atoms with Crippen LogP contribution in [-0.2, 0) is 5.15 Å². The van der Waals surface area contributed by atoms with Crippen molar-refractivity contribution in [3.63, 3.8) is 0 Å². The predicted molar refractivity (Wildman–Crippen MR) is 9.05 cm³/mol. The normalized spacial score (nSPS) is 4.50. The molecule has 0 bridgehead atoms. The van der Waals surface area contributed by atoms with Crippen molar-refractivity contribution < 1.29 is 14.2 Å².